The van der Waals surface area contributed by atoms with Crippen LogP contribution in [0.15, 0.2) is 65.6 Å². The Balaban J connectivity index is 1.40. The molecule has 0 spiro atoms. The van der Waals surface area contributed by atoms with E-state index in [2.05, 4.69) is 43.8 Å². The second-order valence-corrected chi connectivity index (χ2v) is 10.7. The molecule has 5 rings (SSSR count). The maximum atomic E-state index is 12.9. The van der Waals surface area contributed by atoms with Gasteiger partial charge in [0, 0.05) is 49.4 Å². The minimum Gasteiger partial charge on any atom is -0.489 e. The Morgan fingerprint density at radius 2 is 1.76 bits per heavy atom. The SMILES string of the molecule is Cn1c2c(c3ccc(-n4ccc(OCc5ccc(C(F)(F)F)cc5)cc4=O)cc31)C(C(C)(C)C)NCC2. The maximum Gasteiger partial charge on any atom is 0.416 e. The molecule has 0 amide bonds. The lowest BCUT2D eigenvalue weighted by atomic mass is 9.79. The molecular formula is C29H30F3N3O2. The summed E-state index contributed by atoms with van der Waals surface area (Å²) < 4.78 is 47.7. The van der Waals surface area contributed by atoms with E-state index in [-0.39, 0.29) is 23.6 Å². The van der Waals surface area contributed by atoms with Gasteiger partial charge in [0.25, 0.3) is 5.56 Å². The van der Waals surface area contributed by atoms with Gasteiger partial charge in [0.1, 0.15) is 12.4 Å². The minimum absolute atomic E-state index is 0.0609. The Hall–Kier alpha value is -3.52. The van der Waals surface area contributed by atoms with Crippen molar-refractivity contribution in [2.75, 3.05) is 6.54 Å². The van der Waals surface area contributed by atoms with Gasteiger partial charge in [0.15, 0.2) is 0 Å². The highest BCUT2D eigenvalue weighted by molar-refractivity contribution is 5.88. The number of hydrogen-bond acceptors (Lipinski definition) is 3. The van der Waals surface area contributed by atoms with Crippen molar-refractivity contribution in [1.29, 1.82) is 0 Å². The predicted molar refractivity (Wildman–Crippen MR) is 138 cm³/mol. The average molecular weight is 510 g/mol. The molecule has 2 aromatic heterocycles. The molecule has 0 aliphatic carbocycles. The Labute approximate surface area is 213 Å². The number of aryl methyl sites for hydroxylation is 1. The summed E-state index contributed by atoms with van der Waals surface area (Å²) in [5.74, 6) is 0.357. The zero-order chi connectivity index (χ0) is 26.5. The summed E-state index contributed by atoms with van der Waals surface area (Å²) in [6, 6.07) is 14.2. The van der Waals surface area contributed by atoms with Crippen LogP contribution in [0.3, 0.4) is 0 Å². The molecule has 1 N–H and O–H groups in total. The molecule has 0 saturated carbocycles. The number of halogens is 3. The number of nitrogens with one attached hydrogen (secondary N) is 1. The van der Waals surface area contributed by atoms with Gasteiger partial charge >= 0.3 is 6.18 Å². The van der Waals surface area contributed by atoms with Crippen LogP contribution in [0.5, 0.6) is 5.75 Å². The maximum absolute atomic E-state index is 12.9. The van der Waals surface area contributed by atoms with E-state index in [1.54, 1.807) is 16.8 Å². The van der Waals surface area contributed by atoms with E-state index in [9.17, 15) is 18.0 Å². The lowest BCUT2D eigenvalue weighted by molar-refractivity contribution is -0.137. The molecule has 4 aromatic rings. The minimum atomic E-state index is -4.38. The molecule has 1 atom stereocenters. The summed E-state index contributed by atoms with van der Waals surface area (Å²) in [6.07, 6.45) is -1.77. The largest absolute Gasteiger partial charge is 0.489 e. The van der Waals surface area contributed by atoms with E-state index in [1.165, 1.54) is 34.8 Å². The molecule has 37 heavy (non-hydrogen) atoms. The average Bonchev–Trinajstić information content (AvgIpc) is 3.13. The van der Waals surface area contributed by atoms with Gasteiger partial charge < -0.3 is 14.6 Å². The van der Waals surface area contributed by atoms with Crippen molar-refractivity contribution in [3.8, 4) is 11.4 Å². The summed E-state index contributed by atoms with van der Waals surface area (Å²) in [4.78, 5) is 12.9. The van der Waals surface area contributed by atoms with Crippen LogP contribution in [-0.2, 0) is 26.3 Å². The topological polar surface area (TPSA) is 48.2 Å². The highest BCUT2D eigenvalue weighted by atomic mass is 19.4. The summed E-state index contributed by atoms with van der Waals surface area (Å²) in [6.45, 7) is 7.72. The Kier molecular flexibility index (Phi) is 6.18. The molecule has 0 bridgehead atoms. The van der Waals surface area contributed by atoms with Crippen molar-refractivity contribution in [3.05, 3.63) is 93.5 Å². The van der Waals surface area contributed by atoms with Crippen molar-refractivity contribution in [1.82, 2.24) is 14.5 Å². The standard InChI is InChI=1S/C29H30F3N3O2/c1-28(2,3)27-26-22-10-9-20(15-24(22)34(4)23(26)11-13-33-27)35-14-12-21(16-25(35)36)37-17-18-5-7-19(8-6-18)29(30,31)32/h5-10,12,14-16,27,33H,11,13,17H2,1-4H3. The summed E-state index contributed by atoms with van der Waals surface area (Å²) in [7, 11) is 2.08. The number of rotatable bonds is 4. The lowest BCUT2D eigenvalue weighted by Gasteiger charge is -2.35. The summed E-state index contributed by atoms with van der Waals surface area (Å²) in [5.41, 5.74) is 4.18. The van der Waals surface area contributed by atoms with Crippen LogP contribution in [0, 0.1) is 5.41 Å². The van der Waals surface area contributed by atoms with Gasteiger partial charge in [-0.15, -0.1) is 0 Å². The van der Waals surface area contributed by atoms with Crippen LogP contribution in [0.2, 0.25) is 0 Å². The molecule has 8 heteroatoms. The van der Waals surface area contributed by atoms with Gasteiger partial charge in [0.2, 0.25) is 0 Å². The van der Waals surface area contributed by atoms with E-state index in [1.807, 2.05) is 12.1 Å². The second kappa shape index (κ2) is 9.10. The third-order valence-corrected chi connectivity index (χ3v) is 7.07. The van der Waals surface area contributed by atoms with Gasteiger partial charge in [-0.1, -0.05) is 39.0 Å². The molecule has 3 heterocycles. The number of pyridine rings is 1. The number of alkyl halides is 3. The smallest absolute Gasteiger partial charge is 0.416 e. The van der Waals surface area contributed by atoms with E-state index in [4.69, 9.17) is 4.74 Å². The molecule has 1 aliphatic heterocycles. The molecular weight excluding hydrogens is 479 g/mol. The number of ether oxygens (including phenoxy) is 1. The van der Waals surface area contributed by atoms with Crippen LogP contribution in [-0.4, -0.2) is 15.7 Å². The molecule has 1 aliphatic rings. The molecule has 0 fully saturated rings. The zero-order valence-corrected chi connectivity index (χ0v) is 21.3. The molecule has 0 radical (unpaired) electrons. The van der Waals surface area contributed by atoms with Crippen LogP contribution in [0.1, 0.15) is 49.2 Å². The van der Waals surface area contributed by atoms with E-state index in [0.29, 0.717) is 11.3 Å². The predicted octanol–water partition coefficient (Wildman–Crippen LogP) is 6.16. The first-order valence-corrected chi connectivity index (χ1v) is 12.3. The first-order chi connectivity index (χ1) is 17.4. The van der Waals surface area contributed by atoms with E-state index < -0.39 is 11.7 Å². The van der Waals surface area contributed by atoms with Gasteiger partial charge in [0.05, 0.1) is 16.8 Å². The fraction of sp³-hybridized carbons (Fsp3) is 0.345. The van der Waals surface area contributed by atoms with Crippen LogP contribution in [0.25, 0.3) is 16.6 Å². The highest BCUT2D eigenvalue weighted by Crippen LogP contribution is 2.42. The van der Waals surface area contributed by atoms with Crippen molar-refractivity contribution < 1.29 is 17.9 Å². The second-order valence-electron chi connectivity index (χ2n) is 10.7. The summed E-state index contributed by atoms with van der Waals surface area (Å²) in [5, 5.41) is 4.88. The Bertz CT molecular complexity index is 1510. The van der Waals surface area contributed by atoms with Gasteiger partial charge in [-0.25, -0.2) is 0 Å². The first kappa shape index (κ1) is 25.1. The fourth-order valence-corrected chi connectivity index (χ4v) is 5.18. The highest BCUT2D eigenvalue weighted by Gasteiger charge is 2.34. The van der Waals surface area contributed by atoms with Gasteiger partial charge in [-0.05, 0) is 46.9 Å². The molecule has 0 saturated heterocycles. The number of hydrogen-bond donors (Lipinski definition) is 1. The van der Waals surface area contributed by atoms with Crippen molar-refractivity contribution in [2.45, 2.75) is 46.0 Å². The van der Waals surface area contributed by atoms with Gasteiger partial charge in [-0.2, -0.15) is 13.2 Å². The monoisotopic (exact) mass is 509 g/mol. The Morgan fingerprint density at radius 3 is 2.41 bits per heavy atom. The normalized spacial score (nSPS) is 16.1. The van der Waals surface area contributed by atoms with E-state index >= 15 is 0 Å². The molecule has 2 aromatic carbocycles. The van der Waals surface area contributed by atoms with Crippen molar-refractivity contribution in [3.63, 3.8) is 0 Å². The molecule has 194 valence electrons. The molecule has 1 unspecified atom stereocenters. The fourth-order valence-electron chi connectivity index (χ4n) is 5.18. The van der Waals surface area contributed by atoms with E-state index in [0.717, 1.165) is 36.3 Å². The molecule has 5 nitrogen and oxygen atoms in total. The van der Waals surface area contributed by atoms with Crippen LogP contribution < -0.4 is 15.6 Å². The van der Waals surface area contributed by atoms with Crippen molar-refractivity contribution in [2.24, 2.45) is 12.5 Å². The number of aromatic nitrogens is 2. The number of benzene rings is 2. The first-order valence-electron chi connectivity index (χ1n) is 12.3. The number of fused-ring (bicyclic) bond motifs is 3. The van der Waals surface area contributed by atoms with Crippen LogP contribution >= 0.6 is 0 Å². The quantitative estimate of drug-likeness (QED) is 0.359. The van der Waals surface area contributed by atoms with Crippen LogP contribution in [0.4, 0.5) is 13.2 Å². The Morgan fingerprint density at radius 1 is 1.03 bits per heavy atom. The number of nitrogens with zero attached hydrogens (tertiary/aromatic N) is 2. The third-order valence-electron chi connectivity index (χ3n) is 7.07. The van der Waals surface area contributed by atoms with Gasteiger partial charge in [-0.3, -0.25) is 9.36 Å². The lowest BCUT2D eigenvalue weighted by Crippen LogP contribution is -2.38. The third kappa shape index (κ3) is 4.78. The summed E-state index contributed by atoms with van der Waals surface area (Å²) >= 11 is 0. The van der Waals surface area contributed by atoms with Crippen molar-refractivity contribution >= 4 is 10.9 Å². The zero-order valence-electron chi connectivity index (χ0n) is 21.3.